The van der Waals surface area contributed by atoms with E-state index in [1.165, 1.54) is 0 Å². The molecule has 0 saturated carbocycles. The number of carbonyl (C=O) groups excluding carboxylic acids is 1. The van der Waals surface area contributed by atoms with Crippen LogP contribution >= 0.6 is 0 Å². The van der Waals surface area contributed by atoms with Gasteiger partial charge in [0, 0.05) is 32.3 Å². The fourth-order valence-electron chi connectivity index (χ4n) is 0.823. The fraction of sp³-hybridized carbons (Fsp3) is 0.429. The zero-order chi connectivity index (χ0) is 8.97. The predicted molar refractivity (Wildman–Crippen MR) is 45.5 cm³/mol. The Morgan fingerprint density at radius 3 is 3.08 bits per heavy atom. The van der Waals surface area contributed by atoms with Crippen molar-refractivity contribution in [3.8, 4) is 0 Å². The van der Waals surface area contributed by atoms with Crippen LogP contribution < -0.4 is 11.1 Å². The van der Waals surface area contributed by atoms with Gasteiger partial charge in [-0.3, -0.25) is 9.48 Å². The first-order chi connectivity index (χ1) is 5.68. The fourth-order valence-corrected chi connectivity index (χ4v) is 0.823. The summed E-state index contributed by atoms with van der Waals surface area (Å²) in [7, 11) is 1.83. The lowest BCUT2D eigenvalue weighted by Crippen LogP contribution is -2.16. The van der Waals surface area contributed by atoms with Gasteiger partial charge >= 0.3 is 0 Å². The van der Waals surface area contributed by atoms with E-state index >= 15 is 0 Å². The molecule has 1 amide bonds. The van der Waals surface area contributed by atoms with E-state index in [4.69, 9.17) is 5.73 Å². The topological polar surface area (TPSA) is 72.9 Å². The summed E-state index contributed by atoms with van der Waals surface area (Å²) in [5, 5.41) is 7.02. The van der Waals surface area contributed by atoms with Crippen LogP contribution in [0.25, 0.3) is 0 Å². The highest BCUT2D eigenvalue weighted by Gasteiger charge is 1.96. The van der Waals surface area contributed by atoms with E-state index in [0.717, 1.165) is 5.82 Å². The standard InChI is InChI=1S/C7H12N4O/c1-11-5-3-7(10-11)9-4-2-6(8)12/h3,5H,2,4H2,1H3,(H2,8,12)(H,9,10). The molecule has 5 nitrogen and oxygen atoms in total. The van der Waals surface area contributed by atoms with E-state index in [0.29, 0.717) is 13.0 Å². The first-order valence-corrected chi connectivity index (χ1v) is 3.70. The SMILES string of the molecule is Cn1ccc(NCCC(N)=O)n1. The lowest BCUT2D eigenvalue weighted by atomic mass is 10.4. The van der Waals surface area contributed by atoms with Gasteiger partial charge in [-0.05, 0) is 0 Å². The Hall–Kier alpha value is -1.52. The van der Waals surface area contributed by atoms with E-state index in [2.05, 4.69) is 10.4 Å². The molecule has 0 aromatic carbocycles. The maximum absolute atomic E-state index is 10.4. The molecule has 0 radical (unpaired) electrons. The number of nitrogens with zero attached hydrogens (tertiary/aromatic N) is 2. The van der Waals surface area contributed by atoms with Gasteiger partial charge in [0.05, 0.1) is 0 Å². The average Bonchev–Trinajstić information content (AvgIpc) is 2.35. The molecular weight excluding hydrogens is 156 g/mol. The number of nitrogens with two attached hydrogens (primary N) is 1. The van der Waals surface area contributed by atoms with Gasteiger partial charge in [-0.25, -0.2) is 0 Å². The summed E-state index contributed by atoms with van der Waals surface area (Å²) in [5.41, 5.74) is 4.96. The second-order valence-electron chi connectivity index (χ2n) is 2.52. The Morgan fingerprint density at radius 1 is 1.83 bits per heavy atom. The van der Waals surface area contributed by atoms with E-state index in [1.807, 2.05) is 19.3 Å². The Bertz CT molecular complexity index is 268. The van der Waals surface area contributed by atoms with Crippen LogP contribution in [-0.4, -0.2) is 22.2 Å². The molecule has 0 spiro atoms. The van der Waals surface area contributed by atoms with Crippen LogP contribution in [0.5, 0.6) is 0 Å². The highest BCUT2D eigenvalue weighted by atomic mass is 16.1. The summed E-state index contributed by atoms with van der Waals surface area (Å²) in [5.74, 6) is 0.456. The van der Waals surface area contributed by atoms with E-state index in [1.54, 1.807) is 4.68 Å². The van der Waals surface area contributed by atoms with Gasteiger partial charge in [0.2, 0.25) is 5.91 Å². The maximum atomic E-state index is 10.4. The number of hydrogen-bond acceptors (Lipinski definition) is 3. The number of primary amides is 1. The summed E-state index contributed by atoms with van der Waals surface area (Å²) in [6, 6.07) is 1.83. The van der Waals surface area contributed by atoms with Gasteiger partial charge < -0.3 is 11.1 Å². The van der Waals surface area contributed by atoms with E-state index in [-0.39, 0.29) is 5.91 Å². The number of nitrogens with one attached hydrogen (secondary N) is 1. The van der Waals surface area contributed by atoms with Gasteiger partial charge in [0.15, 0.2) is 0 Å². The van der Waals surface area contributed by atoms with Crippen molar-refractivity contribution in [3.63, 3.8) is 0 Å². The van der Waals surface area contributed by atoms with Crippen molar-refractivity contribution in [1.82, 2.24) is 9.78 Å². The second-order valence-corrected chi connectivity index (χ2v) is 2.52. The van der Waals surface area contributed by atoms with Crippen molar-refractivity contribution in [2.75, 3.05) is 11.9 Å². The first kappa shape index (κ1) is 8.58. The van der Waals surface area contributed by atoms with Crippen LogP contribution in [0.4, 0.5) is 5.82 Å². The van der Waals surface area contributed by atoms with Gasteiger partial charge in [-0.2, -0.15) is 5.10 Å². The minimum Gasteiger partial charge on any atom is -0.370 e. The van der Waals surface area contributed by atoms with Crippen molar-refractivity contribution in [2.24, 2.45) is 12.8 Å². The van der Waals surface area contributed by atoms with Crippen LogP contribution in [-0.2, 0) is 11.8 Å². The summed E-state index contributed by atoms with van der Waals surface area (Å²) < 4.78 is 1.69. The van der Waals surface area contributed by atoms with Gasteiger partial charge in [-0.15, -0.1) is 0 Å². The van der Waals surface area contributed by atoms with Crippen molar-refractivity contribution < 1.29 is 4.79 Å². The van der Waals surface area contributed by atoms with Crippen molar-refractivity contribution in [2.45, 2.75) is 6.42 Å². The third-order valence-electron chi connectivity index (χ3n) is 1.39. The molecule has 1 aromatic rings. The molecule has 66 valence electrons. The molecule has 5 heteroatoms. The predicted octanol–water partition coefficient (Wildman–Crippen LogP) is -0.293. The number of amides is 1. The molecule has 0 aliphatic heterocycles. The molecule has 0 saturated heterocycles. The third-order valence-corrected chi connectivity index (χ3v) is 1.39. The normalized spacial score (nSPS) is 9.75. The summed E-state index contributed by atoms with van der Waals surface area (Å²) in [6.45, 7) is 0.534. The van der Waals surface area contributed by atoms with E-state index < -0.39 is 0 Å². The van der Waals surface area contributed by atoms with E-state index in [9.17, 15) is 4.79 Å². The van der Waals surface area contributed by atoms with Crippen molar-refractivity contribution in [3.05, 3.63) is 12.3 Å². The van der Waals surface area contributed by atoms with Crippen molar-refractivity contribution >= 4 is 11.7 Å². The molecule has 1 heterocycles. The molecule has 1 rings (SSSR count). The molecular formula is C7H12N4O. The van der Waals surface area contributed by atoms with Gasteiger partial charge in [-0.1, -0.05) is 0 Å². The number of aromatic nitrogens is 2. The lowest BCUT2D eigenvalue weighted by Gasteiger charge is -1.98. The monoisotopic (exact) mass is 168 g/mol. The molecule has 0 fully saturated rings. The minimum atomic E-state index is -0.307. The Kier molecular flexibility index (Phi) is 2.68. The zero-order valence-electron chi connectivity index (χ0n) is 6.95. The maximum Gasteiger partial charge on any atom is 0.219 e. The minimum absolute atomic E-state index is 0.307. The molecule has 0 aliphatic carbocycles. The summed E-state index contributed by atoms with van der Waals surface area (Å²) in [4.78, 5) is 10.4. The quantitative estimate of drug-likeness (QED) is 0.648. The van der Waals surface area contributed by atoms with Crippen LogP contribution in [0, 0.1) is 0 Å². The number of rotatable bonds is 4. The van der Waals surface area contributed by atoms with Gasteiger partial charge in [0.25, 0.3) is 0 Å². The average molecular weight is 168 g/mol. The Balaban J connectivity index is 2.29. The largest absolute Gasteiger partial charge is 0.370 e. The molecule has 3 N–H and O–H groups in total. The number of aryl methyl sites for hydroxylation is 1. The summed E-state index contributed by atoms with van der Waals surface area (Å²) in [6.07, 6.45) is 2.16. The Labute approximate surface area is 70.5 Å². The number of hydrogen-bond donors (Lipinski definition) is 2. The van der Waals surface area contributed by atoms with Crippen LogP contribution in [0.1, 0.15) is 6.42 Å². The molecule has 0 aliphatic rings. The smallest absolute Gasteiger partial charge is 0.219 e. The number of carbonyl (C=O) groups is 1. The van der Waals surface area contributed by atoms with Gasteiger partial charge in [0.1, 0.15) is 5.82 Å². The number of anilines is 1. The summed E-state index contributed by atoms with van der Waals surface area (Å²) >= 11 is 0. The highest BCUT2D eigenvalue weighted by molar-refractivity contribution is 5.74. The first-order valence-electron chi connectivity index (χ1n) is 3.70. The molecule has 1 aromatic heterocycles. The van der Waals surface area contributed by atoms with Crippen LogP contribution in [0.15, 0.2) is 12.3 Å². The second kappa shape index (κ2) is 3.75. The molecule has 0 bridgehead atoms. The van der Waals surface area contributed by atoms with Crippen LogP contribution in [0.3, 0.4) is 0 Å². The molecule has 0 unspecified atom stereocenters. The lowest BCUT2D eigenvalue weighted by molar-refractivity contribution is -0.117. The third kappa shape index (κ3) is 2.61. The molecule has 0 atom stereocenters. The highest BCUT2D eigenvalue weighted by Crippen LogP contribution is 1.99. The Morgan fingerprint density at radius 2 is 2.58 bits per heavy atom. The molecule has 12 heavy (non-hydrogen) atoms. The van der Waals surface area contributed by atoms with Crippen molar-refractivity contribution in [1.29, 1.82) is 0 Å². The zero-order valence-corrected chi connectivity index (χ0v) is 6.95. The van der Waals surface area contributed by atoms with Crippen LogP contribution in [0.2, 0.25) is 0 Å².